The Kier molecular flexibility index (Phi) is 8.69. The van der Waals surface area contributed by atoms with Crippen LogP contribution in [0.25, 0.3) is 0 Å². The van der Waals surface area contributed by atoms with Crippen molar-refractivity contribution in [2.45, 2.75) is 19.3 Å². The van der Waals surface area contributed by atoms with Crippen molar-refractivity contribution >= 4 is 35.6 Å². The summed E-state index contributed by atoms with van der Waals surface area (Å²) in [6.07, 6.45) is 4.22. The zero-order valence-corrected chi connectivity index (χ0v) is 10.2. The first-order valence-corrected chi connectivity index (χ1v) is 5.78. The zero-order valence-electron chi connectivity index (χ0n) is 7.85. The Morgan fingerprint density at radius 1 is 1.08 bits per heavy atom. The van der Waals surface area contributed by atoms with Crippen molar-refractivity contribution in [1.29, 1.82) is 0 Å². The number of nitrogens with zero attached hydrogens (tertiary/aromatic N) is 1. The molecule has 80 valence electrons. The van der Waals surface area contributed by atoms with E-state index in [2.05, 4.69) is 4.90 Å². The largest absolute Gasteiger partial charge is 0.301 e. The molecule has 0 unspecified atom stereocenters. The van der Waals surface area contributed by atoms with Gasteiger partial charge in [-0.15, -0.1) is 35.6 Å². The van der Waals surface area contributed by atoms with Crippen molar-refractivity contribution in [2.24, 2.45) is 5.92 Å². The van der Waals surface area contributed by atoms with Gasteiger partial charge in [-0.05, 0) is 18.8 Å². The molecule has 0 aromatic rings. The molecule has 0 radical (unpaired) electrons. The molecule has 0 heterocycles. The molecular formula is C9H18Cl3N. The molecule has 1 nitrogen and oxygen atoms in total. The third-order valence-electron chi connectivity index (χ3n) is 2.54. The molecule has 0 spiro atoms. The zero-order chi connectivity index (χ0) is 8.81. The van der Waals surface area contributed by atoms with Crippen LogP contribution in [0.15, 0.2) is 0 Å². The molecule has 1 rings (SSSR count). The van der Waals surface area contributed by atoms with Gasteiger partial charge in [0.25, 0.3) is 0 Å². The lowest BCUT2D eigenvalue weighted by Crippen LogP contribution is -2.35. The van der Waals surface area contributed by atoms with Crippen LogP contribution in [0.2, 0.25) is 0 Å². The van der Waals surface area contributed by atoms with Crippen LogP contribution in [0, 0.1) is 5.92 Å². The lowest BCUT2D eigenvalue weighted by molar-refractivity contribution is 0.192. The quantitative estimate of drug-likeness (QED) is 0.651. The SMILES string of the molecule is Cl.ClCCN(CCCl)CC1CCC1. The molecule has 1 aliphatic rings. The molecular weight excluding hydrogens is 228 g/mol. The summed E-state index contributed by atoms with van der Waals surface area (Å²) in [5.41, 5.74) is 0. The van der Waals surface area contributed by atoms with Crippen LogP contribution < -0.4 is 0 Å². The summed E-state index contributed by atoms with van der Waals surface area (Å²) < 4.78 is 0. The van der Waals surface area contributed by atoms with Crippen molar-refractivity contribution in [3.05, 3.63) is 0 Å². The third-order valence-corrected chi connectivity index (χ3v) is 2.88. The maximum Gasteiger partial charge on any atom is 0.0351 e. The van der Waals surface area contributed by atoms with E-state index in [0.29, 0.717) is 0 Å². The fourth-order valence-corrected chi connectivity index (χ4v) is 2.05. The van der Waals surface area contributed by atoms with Crippen LogP contribution in [0.5, 0.6) is 0 Å². The van der Waals surface area contributed by atoms with Crippen LogP contribution in [0.4, 0.5) is 0 Å². The standard InChI is InChI=1S/C9H17Cl2N.ClH/c10-4-6-12(7-5-11)8-9-2-1-3-9;/h9H,1-8H2;1H. The van der Waals surface area contributed by atoms with Gasteiger partial charge in [-0.2, -0.15) is 0 Å². The molecule has 1 saturated carbocycles. The van der Waals surface area contributed by atoms with E-state index in [1.807, 2.05) is 0 Å². The Morgan fingerprint density at radius 3 is 1.92 bits per heavy atom. The van der Waals surface area contributed by atoms with E-state index >= 15 is 0 Å². The minimum atomic E-state index is 0. The summed E-state index contributed by atoms with van der Waals surface area (Å²) in [5, 5.41) is 0. The second kappa shape index (κ2) is 8.16. The van der Waals surface area contributed by atoms with Gasteiger partial charge in [0.05, 0.1) is 0 Å². The first kappa shape index (κ1) is 13.8. The van der Waals surface area contributed by atoms with Gasteiger partial charge in [0.1, 0.15) is 0 Å². The van der Waals surface area contributed by atoms with Crippen LogP contribution in [0.1, 0.15) is 19.3 Å². The van der Waals surface area contributed by atoms with Gasteiger partial charge in [0.2, 0.25) is 0 Å². The van der Waals surface area contributed by atoms with E-state index in [1.54, 1.807) is 0 Å². The monoisotopic (exact) mass is 245 g/mol. The van der Waals surface area contributed by atoms with E-state index < -0.39 is 0 Å². The third kappa shape index (κ3) is 5.31. The van der Waals surface area contributed by atoms with Crippen LogP contribution in [0.3, 0.4) is 0 Å². The average Bonchev–Trinajstić information content (AvgIpc) is 1.97. The van der Waals surface area contributed by atoms with E-state index in [4.69, 9.17) is 23.2 Å². The predicted molar refractivity (Wildman–Crippen MR) is 62.5 cm³/mol. The van der Waals surface area contributed by atoms with Crippen molar-refractivity contribution < 1.29 is 0 Å². The van der Waals surface area contributed by atoms with E-state index in [9.17, 15) is 0 Å². The van der Waals surface area contributed by atoms with Crippen LogP contribution in [-0.4, -0.2) is 36.3 Å². The molecule has 1 aliphatic carbocycles. The van der Waals surface area contributed by atoms with Crippen molar-refractivity contribution in [2.75, 3.05) is 31.4 Å². The minimum Gasteiger partial charge on any atom is -0.301 e. The van der Waals surface area contributed by atoms with Crippen LogP contribution in [-0.2, 0) is 0 Å². The maximum atomic E-state index is 5.69. The summed E-state index contributed by atoms with van der Waals surface area (Å²) >= 11 is 11.4. The smallest absolute Gasteiger partial charge is 0.0351 e. The Labute approximate surface area is 97.2 Å². The fraction of sp³-hybridized carbons (Fsp3) is 1.00. The van der Waals surface area contributed by atoms with E-state index in [-0.39, 0.29) is 12.4 Å². The Balaban J connectivity index is 0.00000144. The highest BCUT2D eigenvalue weighted by Gasteiger charge is 2.19. The molecule has 0 amide bonds. The Bertz CT molecular complexity index is 111. The predicted octanol–water partition coefficient (Wildman–Crippen LogP) is 2.99. The van der Waals surface area contributed by atoms with E-state index in [0.717, 1.165) is 30.8 Å². The highest BCUT2D eigenvalue weighted by molar-refractivity contribution is 6.18. The summed E-state index contributed by atoms with van der Waals surface area (Å²) in [5.74, 6) is 2.38. The van der Waals surface area contributed by atoms with Crippen molar-refractivity contribution in [1.82, 2.24) is 4.90 Å². The second-order valence-electron chi connectivity index (χ2n) is 3.48. The number of alkyl halides is 2. The molecule has 0 aliphatic heterocycles. The maximum absolute atomic E-state index is 5.69. The first-order valence-electron chi connectivity index (χ1n) is 4.71. The topological polar surface area (TPSA) is 3.24 Å². The lowest BCUT2D eigenvalue weighted by atomic mass is 9.85. The lowest BCUT2D eigenvalue weighted by Gasteiger charge is -2.31. The summed E-state index contributed by atoms with van der Waals surface area (Å²) in [6.45, 7) is 3.19. The van der Waals surface area contributed by atoms with Gasteiger partial charge < -0.3 is 4.90 Å². The Morgan fingerprint density at radius 2 is 1.62 bits per heavy atom. The summed E-state index contributed by atoms with van der Waals surface area (Å²) in [6, 6.07) is 0. The molecule has 0 bridgehead atoms. The highest BCUT2D eigenvalue weighted by atomic mass is 35.5. The normalized spacial score (nSPS) is 16.8. The molecule has 0 N–H and O–H groups in total. The van der Waals surface area contributed by atoms with E-state index in [1.165, 1.54) is 25.8 Å². The number of rotatable bonds is 6. The number of hydrogen-bond acceptors (Lipinski definition) is 1. The molecule has 0 saturated heterocycles. The molecule has 0 atom stereocenters. The van der Waals surface area contributed by atoms with Gasteiger partial charge in [-0.25, -0.2) is 0 Å². The molecule has 1 fully saturated rings. The Hall–Kier alpha value is 0.830. The second-order valence-corrected chi connectivity index (χ2v) is 4.23. The van der Waals surface area contributed by atoms with Gasteiger partial charge >= 0.3 is 0 Å². The number of halogens is 3. The molecule has 13 heavy (non-hydrogen) atoms. The summed E-state index contributed by atoms with van der Waals surface area (Å²) in [7, 11) is 0. The number of hydrogen-bond donors (Lipinski definition) is 0. The average molecular weight is 247 g/mol. The fourth-order valence-electron chi connectivity index (χ4n) is 1.57. The van der Waals surface area contributed by atoms with Gasteiger partial charge in [-0.3, -0.25) is 0 Å². The molecule has 0 aromatic heterocycles. The summed E-state index contributed by atoms with van der Waals surface area (Å²) in [4.78, 5) is 2.38. The molecule has 0 aromatic carbocycles. The molecule has 4 heteroatoms. The van der Waals surface area contributed by atoms with Crippen molar-refractivity contribution in [3.8, 4) is 0 Å². The highest BCUT2D eigenvalue weighted by Crippen LogP contribution is 2.26. The minimum absolute atomic E-state index is 0. The van der Waals surface area contributed by atoms with Gasteiger partial charge in [0.15, 0.2) is 0 Å². The first-order chi connectivity index (χ1) is 5.86. The van der Waals surface area contributed by atoms with Crippen molar-refractivity contribution in [3.63, 3.8) is 0 Å². The van der Waals surface area contributed by atoms with Crippen LogP contribution >= 0.6 is 35.6 Å². The van der Waals surface area contributed by atoms with Gasteiger partial charge in [-0.1, -0.05) is 6.42 Å². The van der Waals surface area contributed by atoms with Gasteiger partial charge in [0, 0.05) is 31.4 Å².